The van der Waals surface area contributed by atoms with Crippen LogP contribution in [-0.4, -0.2) is 37.3 Å². The fraction of sp³-hybridized carbons (Fsp3) is 0.538. The van der Waals surface area contributed by atoms with Crippen molar-refractivity contribution in [1.29, 1.82) is 0 Å². The van der Waals surface area contributed by atoms with Gasteiger partial charge < -0.3 is 5.32 Å². The van der Waals surface area contributed by atoms with Crippen molar-refractivity contribution in [2.45, 2.75) is 18.4 Å². The molecule has 132 valence electrons. The molecule has 1 saturated heterocycles. The minimum atomic E-state index is -4.94. The van der Waals surface area contributed by atoms with Gasteiger partial charge in [0.05, 0.1) is 5.56 Å². The van der Waals surface area contributed by atoms with E-state index in [9.17, 15) is 30.7 Å². The molecular weight excluding hydrogens is 353 g/mol. The second kappa shape index (κ2) is 7.23. The van der Waals surface area contributed by atoms with Gasteiger partial charge in [-0.25, -0.2) is 4.39 Å². The summed E-state index contributed by atoms with van der Waals surface area (Å²) in [5, 5.41) is 2.88. The first kappa shape index (κ1) is 20.0. The predicted molar refractivity (Wildman–Crippen MR) is 71.9 cm³/mol. The lowest BCUT2D eigenvalue weighted by atomic mass is 10.0. The van der Waals surface area contributed by atoms with Crippen molar-refractivity contribution < 1.29 is 30.7 Å². The van der Waals surface area contributed by atoms with Crippen LogP contribution < -0.4 is 5.32 Å². The molecule has 1 aliphatic heterocycles. The molecule has 1 aromatic carbocycles. The molecule has 0 bridgehead atoms. The van der Waals surface area contributed by atoms with Crippen molar-refractivity contribution in [1.82, 2.24) is 10.2 Å². The monoisotopic (exact) mass is 366 g/mol. The summed E-state index contributed by atoms with van der Waals surface area (Å²) in [6.07, 6.45) is -9.64. The molecule has 0 aliphatic carbocycles. The summed E-state index contributed by atoms with van der Waals surface area (Å²) < 4.78 is 90.8. The SMILES string of the molecule is Cl.Fc1cc([C@@H](N2CCNCC2)C(F)(F)F)ccc1C(F)(F)F. The third kappa shape index (κ3) is 4.71. The van der Waals surface area contributed by atoms with Gasteiger partial charge in [0.2, 0.25) is 0 Å². The Balaban J connectivity index is 0.00000264. The van der Waals surface area contributed by atoms with Crippen molar-refractivity contribution in [2.75, 3.05) is 26.2 Å². The third-order valence-corrected chi connectivity index (χ3v) is 3.44. The molecule has 1 fully saturated rings. The van der Waals surface area contributed by atoms with E-state index in [1.165, 1.54) is 0 Å². The van der Waals surface area contributed by atoms with Crippen LogP contribution in [0.2, 0.25) is 0 Å². The van der Waals surface area contributed by atoms with E-state index < -0.39 is 35.3 Å². The van der Waals surface area contributed by atoms with E-state index >= 15 is 0 Å². The molecule has 2 rings (SSSR count). The van der Waals surface area contributed by atoms with Crippen molar-refractivity contribution in [3.63, 3.8) is 0 Å². The third-order valence-electron chi connectivity index (χ3n) is 3.44. The summed E-state index contributed by atoms with van der Waals surface area (Å²) in [6.45, 7) is 0.811. The van der Waals surface area contributed by atoms with Crippen LogP contribution in [-0.2, 0) is 6.18 Å². The summed E-state index contributed by atoms with van der Waals surface area (Å²) in [5.41, 5.74) is -2.10. The quantitative estimate of drug-likeness (QED) is 0.802. The summed E-state index contributed by atoms with van der Waals surface area (Å²) in [5.74, 6) is -1.70. The minimum Gasteiger partial charge on any atom is -0.314 e. The molecule has 0 radical (unpaired) electrons. The lowest BCUT2D eigenvalue weighted by Gasteiger charge is -2.36. The predicted octanol–water partition coefficient (Wildman–Crippen LogP) is 3.77. The van der Waals surface area contributed by atoms with Crippen molar-refractivity contribution >= 4 is 12.4 Å². The van der Waals surface area contributed by atoms with Crippen LogP contribution in [0.25, 0.3) is 0 Å². The van der Waals surface area contributed by atoms with Gasteiger partial charge in [-0.05, 0) is 17.7 Å². The normalized spacial score (nSPS) is 18.4. The van der Waals surface area contributed by atoms with Crippen molar-refractivity contribution in [3.8, 4) is 0 Å². The highest BCUT2D eigenvalue weighted by Crippen LogP contribution is 2.40. The Hall–Kier alpha value is -1.06. The topological polar surface area (TPSA) is 15.3 Å². The van der Waals surface area contributed by atoms with Gasteiger partial charge in [0.1, 0.15) is 11.9 Å². The molecule has 1 aromatic rings. The van der Waals surface area contributed by atoms with Gasteiger partial charge in [-0.2, -0.15) is 26.3 Å². The van der Waals surface area contributed by atoms with Crippen molar-refractivity contribution in [3.05, 3.63) is 35.1 Å². The Bertz CT molecular complexity index is 524. The van der Waals surface area contributed by atoms with E-state index in [2.05, 4.69) is 5.32 Å². The number of alkyl halides is 6. The standard InChI is InChI=1S/C13H13F7N2.ClH/c14-10-7-8(1-2-9(10)12(15,16)17)11(13(18,19)20)22-5-3-21-4-6-22;/h1-2,7,11,21H,3-6H2;1H/t11-;/m1./s1. The molecule has 0 saturated carbocycles. The summed E-state index contributed by atoms with van der Waals surface area (Å²) >= 11 is 0. The Morgan fingerprint density at radius 3 is 2.00 bits per heavy atom. The van der Waals surface area contributed by atoms with Crippen LogP contribution in [0.3, 0.4) is 0 Å². The number of piperazine rings is 1. The molecule has 23 heavy (non-hydrogen) atoms. The average molecular weight is 367 g/mol. The Morgan fingerprint density at radius 2 is 1.57 bits per heavy atom. The van der Waals surface area contributed by atoms with Gasteiger partial charge in [0.25, 0.3) is 0 Å². The van der Waals surface area contributed by atoms with Crippen LogP contribution >= 0.6 is 12.4 Å². The summed E-state index contributed by atoms with van der Waals surface area (Å²) in [7, 11) is 0. The molecule has 1 atom stereocenters. The molecule has 1 aliphatic rings. The van der Waals surface area contributed by atoms with E-state index in [1.807, 2.05) is 0 Å². The van der Waals surface area contributed by atoms with E-state index in [-0.39, 0.29) is 25.5 Å². The lowest BCUT2D eigenvalue weighted by Crippen LogP contribution is -2.49. The Labute approximate surface area is 134 Å². The zero-order valence-electron chi connectivity index (χ0n) is 11.6. The molecular formula is C13H14ClF7N2. The van der Waals surface area contributed by atoms with E-state index in [0.717, 1.165) is 4.90 Å². The highest BCUT2D eigenvalue weighted by Gasteiger charge is 2.45. The minimum absolute atomic E-state index is 0. The number of nitrogens with one attached hydrogen (secondary N) is 1. The van der Waals surface area contributed by atoms with Crippen LogP contribution in [0.4, 0.5) is 30.7 Å². The molecule has 1 heterocycles. The first-order valence-corrected chi connectivity index (χ1v) is 6.49. The van der Waals surface area contributed by atoms with Crippen LogP contribution in [0.5, 0.6) is 0 Å². The van der Waals surface area contributed by atoms with Gasteiger partial charge >= 0.3 is 12.4 Å². The Morgan fingerprint density at radius 1 is 1.00 bits per heavy atom. The number of hydrogen-bond acceptors (Lipinski definition) is 2. The average Bonchev–Trinajstić information content (AvgIpc) is 2.37. The van der Waals surface area contributed by atoms with Crippen LogP contribution in [0, 0.1) is 5.82 Å². The number of hydrogen-bond donors (Lipinski definition) is 1. The Kier molecular flexibility index (Phi) is 6.28. The number of halogens is 8. The van der Waals surface area contributed by atoms with Crippen molar-refractivity contribution in [2.24, 2.45) is 0 Å². The highest BCUT2D eigenvalue weighted by atomic mass is 35.5. The van der Waals surface area contributed by atoms with E-state index in [4.69, 9.17) is 0 Å². The largest absolute Gasteiger partial charge is 0.419 e. The smallest absolute Gasteiger partial charge is 0.314 e. The molecule has 0 unspecified atom stereocenters. The fourth-order valence-corrected chi connectivity index (χ4v) is 2.48. The number of rotatable bonds is 2. The maximum Gasteiger partial charge on any atom is 0.419 e. The van der Waals surface area contributed by atoms with Gasteiger partial charge in [0, 0.05) is 26.2 Å². The second-order valence-corrected chi connectivity index (χ2v) is 4.97. The first-order valence-electron chi connectivity index (χ1n) is 6.49. The molecule has 10 heteroatoms. The molecule has 1 N–H and O–H groups in total. The van der Waals surface area contributed by atoms with E-state index in [0.29, 0.717) is 31.3 Å². The highest BCUT2D eigenvalue weighted by molar-refractivity contribution is 5.85. The zero-order valence-corrected chi connectivity index (χ0v) is 12.5. The molecule has 0 aromatic heterocycles. The van der Waals surface area contributed by atoms with Gasteiger partial charge in [-0.3, -0.25) is 4.90 Å². The zero-order chi connectivity index (χ0) is 16.5. The summed E-state index contributed by atoms with van der Waals surface area (Å²) in [6, 6.07) is -0.757. The van der Waals surface area contributed by atoms with Gasteiger partial charge in [-0.1, -0.05) is 6.07 Å². The summed E-state index contributed by atoms with van der Waals surface area (Å²) in [4.78, 5) is 1.08. The van der Waals surface area contributed by atoms with Crippen LogP contribution in [0.1, 0.15) is 17.2 Å². The van der Waals surface area contributed by atoms with Crippen LogP contribution in [0.15, 0.2) is 18.2 Å². The second-order valence-electron chi connectivity index (χ2n) is 4.97. The maximum absolute atomic E-state index is 13.5. The number of nitrogens with zero attached hydrogens (tertiary/aromatic N) is 1. The molecule has 0 amide bonds. The van der Waals surface area contributed by atoms with Gasteiger partial charge in [-0.15, -0.1) is 12.4 Å². The van der Waals surface area contributed by atoms with E-state index in [1.54, 1.807) is 0 Å². The maximum atomic E-state index is 13.5. The fourth-order valence-electron chi connectivity index (χ4n) is 2.48. The molecule has 0 spiro atoms. The number of benzene rings is 1. The lowest BCUT2D eigenvalue weighted by molar-refractivity contribution is -0.187. The van der Waals surface area contributed by atoms with Gasteiger partial charge in [0.15, 0.2) is 0 Å². The first-order chi connectivity index (χ1) is 10.1. The molecule has 2 nitrogen and oxygen atoms in total.